The molecule has 1 N–H and O–H groups in total. The summed E-state index contributed by atoms with van der Waals surface area (Å²) in [4.78, 5) is 29.5. The van der Waals surface area contributed by atoms with Crippen LogP contribution in [-0.2, 0) is 4.79 Å². The van der Waals surface area contributed by atoms with Gasteiger partial charge in [0, 0.05) is 12.6 Å². The average molecular weight is 429 g/mol. The van der Waals surface area contributed by atoms with Crippen LogP contribution in [-0.4, -0.2) is 42.5 Å². The number of nitrogens with zero attached hydrogens (tertiary/aromatic N) is 1. The van der Waals surface area contributed by atoms with Gasteiger partial charge in [0.25, 0.3) is 5.91 Å². The highest BCUT2D eigenvalue weighted by molar-refractivity contribution is 6.00. The van der Waals surface area contributed by atoms with Crippen LogP contribution in [0.2, 0.25) is 0 Å². The fraction of sp³-hybridized carbons (Fsp3) is 0.692. The number of para-hydroxylation sites is 1. The van der Waals surface area contributed by atoms with E-state index >= 15 is 0 Å². The number of nitrogens with one attached hydrogen (secondary N) is 1. The van der Waals surface area contributed by atoms with Crippen molar-refractivity contribution >= 4 is 11.8 Å². The number of amides is 2. The predicted molar refractivity (Wildman–Crippen MR) is 124 cm³/mol. The van der Waals surface area contributed by atoms with Gasteiger partial charge in [-0.2, -0.15) is 0 Å². The molecule has 2 fully saturated rings. The second-order valence-corrected chi connectivity index (χ2v) is 9.19. The fourth-order valence-electron chi connectivity index (χ4n) is 5.35. The Morgan fingerprint density at radius 1 is 1.03 bits per heavy atom. The number of hydrogen-bond donors (Lipinski definition) is 1. The van der Waals surface area contributed by atoms with Crippen LogP contribution in [0.3, 0.4) is 0 Å². The lowest BCUT2D eigenvalue weighted by Crippen LogP contribution is -2.57. The fourth-order valence-corrected chi connectivity index (χ4v) is 5.35. The van der Waals surface area contributed by atoms with Crippen molar-refractivity contribution < 1.29 is 14.3 Å². The van der Waals surface area contributed by atoms with E-state index in [1.807, 2.05) is 29.2 Å². The molecule has 2 aliphatic rings. The van der Waals surface area contributed by atoms with E-state index in [1.54, 1.807) is 7.11 Å². The van der Waals surface area contributed by atoms with Crippen molar-refractivity contribution in [2.45, 2.75) is 96.1 Å². The van der Waals surface area contributed by atoms with Crippen molar-refractivity contribution in [1.29, 1.82) is 0 Å². The zero-order chi connectivity index (χ0) is 22.1. The maximum atomic E-state index is 14.0. The molecule has 172 valence electrons. The van der Waals surface area contributed by atoms with Crippen LogP contribution in [0.1, 0.15) is 94.3 Å². The number of unbranched alkanes of at least 4 members (excludes halogenated alkanes) is 1. The molecule has 1 aromatic carbocycles. The summed E-state index contributed by atoms with van der Waals surface area (Å²) in [6.45, 7) is 2.81. The first-order valence-corrected chi connectivity index (χ1v) is 12.4. The van der Waals surface area contributed by atoms with Crippen LogP contribution < -0.4 is 10.1 Å². The quantitative estimate of drug-likeness (QED) is 0.541. The van der Waals surface area contributed by atoms with Crippen molar-refractivity contribution in [1.82, 2.24) is 10.2 Å². The Bertz CT molecular complexity index is 708. The molecule has 5 nitrogen and oxygen atoms in total. The number of carbonyl (C=O) groups is 2. The Labute approximate surface area is 187 Å². The zero-order valence-electron chi connectivity index (χ0n) is 19.4. The first-order chi connectivity index (χ1) is 15.2. The molecule has 1 aromatic rings. The van der Waals surface area contributed by atoms with Crippen molar-refractivity contribution in [3.63, 3.8) is 0 Å². The molecular weight excluding hydrogens is 388 g/mol. The lowest BCUT2D eigenvalue weighted by molar-refractivity contribution is -0.129. The molecule has 2 saturated carbocycles. The topological polar surface area (TPSA) is 58.6 Å². The molecule has 5 heteroatoms. The Morgan fingerprint density at radius 3 is 2.32 bits per heavy atom. The lowest BCUT2D eigenvalue weighted by Gasteiger charge is -2.43. The molecule has 3 rings (SSSR count). The summed E-state index contributed by atoms with van der Waals surface area (Å²) in [7, 11) is 1.60. The Morgan fingerprint density at radius 2 is 1.68 bits per heavy atom. The Hall–Kier alpha value is -2.04. The molecule has 0 radical (unpaired) electrons. The van der Waals surface area contributed by atoms with Gasteiger partial charge in [-0.1, -0.05) is 64.0 Å². The highest BCUT2D eigenvalue weighted by Gasteiger charge is 2.41. The normalized spacial score (nSPS) is 18.9. The molecule has 0 heterocycles. The number of ether oxygens (including phenoxy) is 1. The second kappa shape index (κ2) is 12.1. The second-order valence-electron chi connectivity index (χ2n) is 9.19. The lowest BCUT2D eigenvalue weighted by atomic mass is 9.81. The Kier molecular flexibility index (Phi) is 9.23. The van der Waals surface area contributed by atoms with Crippen molar-refractivity contribution in [2.75, 3.05) is 13.7 Å². The van der Waals surface area contributed by atoms with E-state index in [-0.39, 0.29) is 23.8 Å². The molecule has 0 saturated heterocycles. The molecule has 2 amide bonds. The monoisotopic (exact) mass is 428 g/mol. The van der Waals surface area contributed by atoms with E-state index < -0.39 is 6.04 Å². The molecule has 1 unspecified atom stereocenters. The van der Waals surface area contributed by atoms with Gasteiger partial charge in [-0.25, -0.2) is 0 Å². The standard InChI is InChI=1S/C26H40N2O3/c1-3-4-19-27-25(29)24(20-13-7-5-8-14-20)28(21-15-9-6-10-16-21)26(30)22-17-11-12-18-23(22)31-2/h11-12,17-18,20-21,24H,3-10,13-16,19H2,1-2H3,(H,27,29). The molecule has 0 spiro atoms. The van der Waals surface area contributed by atoms with E-state index in [1.165, 1.54) is 12.8 Å². The third-order valence-corrected chi connectivity index (χ3v) is 7.03. The minimum Gasteiger partial charge on any atom is -0.496 e. The van der Waals surface area contributed by atoms with Gasteiger partial charge in [-0.05, 0) is 50.2 Å². The number of methoxy groups -OCH3 is 1. The van der Waals surface area contributed by atoms with E-state index in [9.17, 15) is 9.59 Å². The van der Waals surface area contributed by atoms with Gasteiger partial charge >= 0.3 is 0 Å². The van der Waals surface area contributed by atoms with E-state index in [0.717, 1.165) is 64.2 Å². The SMILES string of the molecule is CCCCNC(=O)C(C1CCCCC1)N(C(=O)c1ccccc1OC)C1CCCCC1. The number of benzene rings is 1. The van der Waals surface area contributed by atoms with Crippen LogP contribution in [0, 0.1) is 5.92 Å². The van der Waals surface area contributed by atoms with Crippen LogP contribution in [0.15, 0.2) is 24.3 Å². The molecule has 0 aromatic heterocycles. The minimum absolute atomic E-state index is 0.0363. The summed E-state index contributed by atoms with van der Waals surface area (Å²) >= 11 is 0. The molecular formula is C26H40N2O3. The average Bonchev–Trinajstić information content (AvgIpc) is 2.83. The van der Waals surface area contributed by atoms with Gasteiger partial charge < -0.3 is 15.0 Å². The summed E-state index contributed by atoms with van der Waals surface area (Å²) in [5, 5.41) is 3.17. The smallest absolute Gasteiger partial charge is 0.258 e. The van der Waals surface area contributed by atoms with Gasteiger partial charge in [0.15, 0.2) is 0 Å². The van der Waals surface area contributed by atoms with Crippen molar-refractivity contribution in [3.8, 4) is 5.75 Å². The Balaban J connectivity index is 1.97. The van der Waals surface area contributed by atoms with Gasteiger partial charge in [-0.3, -0.25) is 9.59 Å². The third kappa shape index (κ3) is 6.02. The number of carbonyl (C=O) groups excluding carboxylic acids is 2. The number of rotatable bonds is 9. The molecule has 0 aliphatic heterocycles. The predicted octanol–water partition coefficient (Wildman–Crippen LogP) is 5.34. The van der Waals surface area contributed by atoms with E-state index in [2.05, 4.69) is 12.2 Å². The first-order valence-electron chi connectivity index (χ1n) is 12.4. The summed E-state index contributed by atoms with van der Waals surface area (Å²) in [6, 6.07) is 7.17. The zero-order valence-corrected chi connectivity index (χ0v) is 19.4. The highest BCUT2D eigenvalue weighted by atomic mass is 16.5. The summed E-state index contributed by atoms with van der Waals surface area (Å²) < 4.78 is 5.52. The number of hydrogen-bond acceptors (Lipinski definition) is 3. The first kappa shape index (κ1) is 23.6. The van der Waals surface area contributed by atoms with Crippen LogP contribution in [0.25, 0.3) is 0 Å². The van der Waals surface area contributed by atoms with Crippen LogP contribution >= 0.6 is 0 Å². The molecule has 1 atom stereocenters. The van der Waals surface area contributed by atoms with Gasteiger partial charge in [0.05, 0.1) is 12.7 Å². The van der Waals surface area contributed by atoms with Gasteiger partial charge in [0.1, 0.15) is 11.8 Å². The van der Waals surface area contributed by atoms with E-state index in [4.69, 9.17) is 4.74 Å². The van der Waals surface area contributed by atoms with Crippen LogP contribution in [0.4, 0.5) is 0 Å². The largest absolute Gasteiger partial charge is 0.496 e. The maximum Gasteiger partial charge on any atom is 0.258 e. The minimum atomic E-state index is -0.391. The third-order valence-electron chi connectivity index (χ3n) is 7.03. The van der Waals surface area contributed by atoms with Crippen molar-refractivity contribution in [3.05, 3.63) is 29.8 Å². The van der Waals surface area contributed by atoms with Crippen molar-refractivity contribution in [2.24, 2.45) is 5.92 Å². The van der Waals surface area contributed by atoms with Crippen LogP contribution in [0.5, 0.6) is 5.75 Å². The summed E-state index contributed by atoms with van der Waals surface area (Å²) in [5.41, 5.74) is 0.567. The molecule has 2 aliphatic carbocycles. The molecule has 0 bridgehead atoms. The van der Waals surface area contributed by atoms with Gasteiger partial charge in [-0.15, -0.1) is 0 Å². The van der Waals surface area contributed by atoms with E-state index in [0.29, 0.717) is 17.9 Å². The summed E-state index contributed by atoms with van der Waals surface area (Å²) in [6.07, 6.45) is 13.0. The highest BCUT2D eigenvalue weighted by Crippen LogP contribution is 2.35. The summed E-state index contributed by atoms with van der Waals surface area (Å²) in [5.74, 6) is 0.804. The maximum absolute atomic E-state index is 14.0. The molecule has 31 heavy (non-hydrogen) atoms. The van der Waals surface area contributed by atoms with Gasteiger partial charge in [0.2, 0.25) is 5.91 Å².